The Hall–Kier alpha value is -1.44. The van der Waals surface area contributed by atoms with E-state index in [0.717, 1.165) is 18.7 Å². The summed E-state index contributed by atoms with van der Waals surface area (Å²) in [5, 5.41) is 0. The van der Waals surface area contributed by atoms with E-state index in [1.807, 2.05) is 6.20 Å². The maximum absolute atomic E-state index is 4.59. The molecule has 2 nitrogen and oxygen atoms in total. The molecule has 1 aromatic rings. The zero-order valence-corrected chi connectivity index (χ0v) is 11.1. The third-order valence-corrected chi connectivity index (χ3v) is 3.06. The van der Waals surface area contributed by atoms with Crippen LogP contribution in [0.3, 0.4) is 0 Å². The summed E-state index contributed by atoms with van der Waals surface area (Å²) in [5.74, 6) is 0. The predicted octanol–water partition coefficient (Wildman–Crippen LogP) is 3.53. The molecule has 2 heteroatoms. The van der Waals surface area contributed by atoms with Crippen molar-refractivity contribution in [2.24, 2.45) is 10.4 Å². The molecule has 0 atom stereocenters. The first-order valence-electron chi connectivity index (χ1n) is 6.21. The lowest BCUT2D eigenvalue weighted by Gasteiger charge is -2.16. The van der Waals surface area contributed by atoms with Crippen LogP contribution in [0, 0.1) is 5.41 Å². The number of aryl methyl sites for hydroxylation is 1. The van der Waals surface area contributed by atoms with E-state index in [4.69, 9.17) is 0 Å². The van der Waals surface area contributed by atoms with Crippen molar-refractivity contribution in [3.05, 3.63) is 35.7 Å². The molecule has 2 heterocycles. The zero-order valence-electron chi connectivity index (χ0n) is 11.1. The molecule has 0 radical (unpaired) electrons. The van der Waals surface area contributed by atoms with Crippen LogP contribution in [0.4, 0.5) is 0 Å². The van der Waals surface area contributed by atoms with Crippen molar-refractivity contribution in [2.45, 2.75) is 34.1 Å². The normalized spacial score (nSPS) is 15.8. The van der Waals surface area contributed by atoms with E-state index in [0.29, 0.717) is 0 Å². The number of hydrogen-bond acceptors (Lipinski definition) is 2. The van der Waals surface area contributed by atoms with Gasteiger partial charge < -0.3 is 0 Å². The van der Waals surface area contributed by atoms with Crippen molar-refractivity contribution in [3.8, 4) is 0 Å². The number of allylic oxidation sites excluding steroid dienone is 1. The Morgan fingerprint density at radius 1 is 1.24 bits per heavy atom. The average Bonchev–Trinajstić information content (AvgIpc) is 2.78. The molecule has 0 unspecified atom stereocenters. The van der Waals surface area contributed by atoms with Gasteiger partial charge in [0.05, 0.1) is 12.2 Å². The van der Waals surface area contributed by atoms with Crippen LogP contribution >= 0.6 is 0 Å². The Morgan fingerprint density at radius 3 is 2.47 bits per heavy atom. The molecule has 0 saturated heterocycles. The molecular formula is C15H20N2. The number of rotatable bonds is 2. The quantitative estimate of drug-likeness (QED) is 0.760. The highest BCUT2D eigenvalue weighted by molar-refractivity contribution is 6.07. The summed E-state index contributed by atoms with van der Waals surface area (Å²) in [5.41, 5.74) is 4.88. The van der Waals surface area contributed by atoms with Crippen molar-refractivity contribution in [1.82, 2.24) is 4.98 Å². The second kappa shape index (κ2) is 4.44. The van der Waals surface area contributed by atoms with Gasteiger partial charge in [-0.05, 0) is 24.1 Å². The standard InChI is InChI=1S/C15H20N2/c1-5-11-6-7-13(16-9-11)12-8-14(17-10-12)15(2,3)4/h6-9H,5,10H2,1-4H3. The van der Waals surface area contributed by atoms with Crippen molar-refractivity contribution in [2.75, 3.05) is 6.54 Å². The first-order valence-corrected chi connectivity index (χ1v) is 6.21. The van der Waals surface area contributed by atoms with Gasteiger partial charge in [0.2, 0.25) is 0 Å². The van der Waals surface area contributed by atoms with Gasteiger partial charge in [0.25, 0.3) is 0 Å². The third-order valence-electron chi connectivity index (χ3n) is 3.06. The van der Waals surface area contributed by atoms with E-state index in [-0.39, 0.29) is 5.41 Å². The number of aromatic nitrogens is 1. The van der Waals surface area contributed by atoms with Crippen molar-refractivity contribution < 1.29 is 0 Å². The molecule has 0 fully saturated rings. The minimum atomic E-state index is 0.130. The van der Waals surface area contributed by atoms with Crippen molar-refractivity contribution in [1.29, 1.82) is 0 Å². The van der Waals surface area contributed by atoms with Crippen LogP contribution in [0.5, 0.6) is 0 Å². The summed E-state index contributed by atoms with van der Waals surface area (Å²) in [6.45, 7) is 9.49. The zero-order chi connectivity index (χ0) is 12.5. The lowest BCUT2D eigenvalue weighted by molar-refractivity contribution is 0.594. The molecule has 1 aromatic heterocycles. The molecule has 0 spiro atoms. The van der Waals surface area contributed by atoms with Crippen molar-refractivity contribution >= 4 is 11.3 Å². The van der Waals surface area contributed by atoms with Gasteiger partial charge in [-0.15, -0.1) is 0 Å². The Labute approximate surface area is 104 Å². The largest absolute Gasteiger partial charge is 0.284 e. The van der Waals surface area contributed by atoms with Crippen LogP contribution in [0.25, 0.3) is 5.57 Å². The Bertz CT molecular complexity index is 459. The minimum Gasteiger partial charge on any atom is -0.284 e. The summed E-state index contributed by atoms with van der Waals surface area (Å²) >= 11 is 0. The van der Waals surface area contributed by atoms with Crippen molar-refractivity contribution in [3.63, 3.8) is 0 Å². The summed E-state index contributed by atoms with van der Waals surface area (Å²) in [7, 11) is 0. The second-order valence-electron chi connectivity index (χ2n) is 5.53. The van der Waals surface area contributed by atoms with E-state index in [1.165, 1.54) is 16.8 Å². The van der Waals surface area contributed by atoms with Gasteiger partial charge in [-0.25, -0.2) is 0 Å². The van der Waals surface area contributed by atoms with Crippen LogP contribution in [0.15, 0.2) is 29.4 Å². The summed E-state index contributed by atoms with van der Waals surface area (Å²) < 4.78 is 0. The SMILES string of the molecule is CCc1ccc(C2=CC(C(C)(C)C)=NC2)nc1. The van der Waals surface area contributed by atoms with Crippen LogP contribution in [0.1, 0.15) is 39.0 Å². The van der Waals surface area contributed by atoms with Crippen LogP contribution in [0.2, 0.25) is 0 Å². The smallest absolute Gasteiger partial charge is 0.0681 e. The van der Waals surface area contributed by atoms with Crippen LogP contribution in [-0.4, -0.2) is 17.2 Å². The van der Waals surface area contributed by atoms with Gasteiger partial charge >= 0.3 is 0 Å². The monoisotopic (exact) mass is 228 g/mol. The van der Waals surface area contributed by atoms with Gasteiger partial charge in [0.15, 0.2) is 0 Å². The molecule has 0 aromatic carbocycles. The van der Waals surface area contributed by atoms with Gasteiger partial charge in [-0.3, -0.25) is 9.98 Å². The van der Waals surface area contributed by atoms with Gasteiger partial charge in [0.1, 0.15) is 0 Å². The third kappa shape index (κ3) is 2.63. The molecule has 2 rings (SSSR count). The lowest BCUT2D eigenvalue weighted by Crippen LogP contribution is -2.16. The molecule has 0 bridgehead atoms. The molecule has 0 N–H and O–H groups in total. The maximum atomic E-state index is 4.59. The molecule has 90 valence electrons. The fourth-order valence-corrected chi connectivity index (χ4v) is 1.86. The topological polar surface area (TPSA) is 25.2 Å². The minimum absolute atomic E-state index is 0.130. The molecule has 1 aliphatic heterocycles. The van der Waals surface area contributed by atoms with Crippen LogP contribution < -0.4 is 0 Å². The summed E-state index contributed by atoms with van der Waals surface area (Å²) in [4.78, 5) is 9.10. The highest BCUT2D eigenvalue weighted by Crippen LogP contribution is 2.26. The van der Waals surface area contributed by atoms with E-state index in [2.05, 4.69) is 55.9 Å². The Balaban J connectivity index is 2.21. The van der Waals surface area contributed by atoms with Gasteiger partial charge in [-0.1, -0.05) is 33.8 Å². The number of hydrogen-bond donors (Lipinski definition) is 0. The molecule has 0 aliphatic carbocycles. The predicted molar refractivity (Wildman–Crippen MR) is 73.3 cm³/mol. The van der Waals surface area contributed by atoms with E-state index < -0.39 is 0 Å². The number of nitrogens with zero attached hydrogens (tertiary/aromatic N) is 2. The van der Waals surface area contributed by atoms with Gasteiger partial charge in [-0.2, -0.15) is 0 Å². The number of pyridine rings is 1. The lowest BCUT2D eigenvalue weighted by atomic mass is 9.89. The first-order chi connectivity index (χ1) is 8.00. The molecular weight excluding hydrogens is 208 g/mol. The van der Waals surface area contributed by atoms with Crippen LogP contribution in [-0.2, 0) is 6.42 Å². The molecule has 0 saturated carbocycles. The maximum Gasteiger partial charge on any atom is 0.0681 e. The van der Waals surface area contributed by atoms with Gasteiger partial charge in [0, 0.05) is 22.9 Å². The Kier molecular flexibility index (Phi) is 3.14. The Morgan fingerprint density at radius 2 is 2.00 bits per heavy atom. The highest BCUT2D eigenvalue weighted by Gasteiger charge is 2.21. The fraction of sp³-hybridized carbons (Fsp3) is 0.467. The fourth-order valence-electron chi connectivity index (χ4n) is 1.86. The molecule has 0 amide bonds. The van der Waals surface area contributed by atoms with E-state index >= 15 is 0 Å². The highest BCUT2D eigenvalue weighted by atomic mass is 14.8. The average molecular weight is 228 g/mol. The number of aliphatic imine (C=N–C) groups is 1. The van der Waals surface area contributed by atoms with E-state index in [9.17, 15) is 0 Å². The summed E-state index contributed by atoms with van der Waals surface area (Å²) in [6, 6.07) is 4.25. The second-order valence-corrected chi connectivity index (χ2v) is 5.53. The first kappa shape index (κ1) is 12.0. The molecule has 17 heavy (non-hydrogen) atoms. The molecule has 1 aliphatic rings. The summed E-state index contributed by atoms with van der Waals surface area (Å²) in [6.07, 6.45) is 5.19. The van der Waals surface area contributed by atoms with E-state index in [1.54, 1.807) is 0 Å².